The molecule has 2 N–H and O–H groups in total. The number of imidazole rings is 1. The van der Waals surface area contributed by atoms with Gasteiger partial charge in [0.1, 0.15) is 0 Å². The minimum Gasteiger partial charge on any atom is -0.350 e. The molecule has 0 atom stereocenters. The molecule has 0 unspecified atom stereocenters. The molecule has 3 aromatic rings. The van der Waals surface area contributed by atoms with Crippen molar-refractivity contribution in [3.8, 4) is 0 Å². The molecule has 0 aromatic carbocycles. The number of nitrogens with one attached hydrogen (secondary N) is 2. The lowest BCUT2D eigenvalue weighted by atomic mass is 9.79. The second-order valence-electron chi connectivity index (χ2n) is 8.48. The summed E-state index contributed by atoms with van der Waals surface area (Å²) in [6, 6.07) is 4.07. The molecule has 1 saturated carbocycles. The molecule has 0 aliphatic heterocycles. The van der Waals surface area contributed by atoms with Crippen molar-refractivity contribution in [2.75, 3.05) is 0 Å². The average molecular weight is 496 g/mol. The van der Waals surface area contributed by atoms with E-state index in [2.05, 4.69) is 25.6 Å². The van der Waals surface area contributed by atoms with Gasteiger partial charge in [0.2, 0.25) is 17.6 Å². The third kappa shape index (κ3) is 6.70. The first-order chi connectivity index (χ1) is 16.5. The minimum absolute atomic E-state index is 0.0111. The molecule has 3 aromatic heterocycles. The van der Waals surface area contributed by atoms with E-state index in [9.17, 15) is 31.5 Å². The van der Waals surface area contributed by atoms with Gasteiger partial charge in [0.05, 0.1) is 36.6 Å². The molecule has 0 bridgehead atoms. The number of amides is 2. The van der Waals surface area contributed by atoms with Crippen molar-refractivity contribution in [3.05, 3.63) is 59.4 Å². The minimum atomic E-state index is -4.43. The summed E-state index contributed by atoms with van der Waals surface area (Å²) in [6.07, 6.45) is -1.72. The van der Waals surface area contributed by atoms with Gasteiger partial charge in [0, 0.05) is 43.4 Å². The first-order valence-electron chi connectivity index (χ1n) is 10.7. The molecule has 4 rings (SSSR count). The average Bonchev–Trinajstić information content (AvgIpc) is 3.16. The van der Waals surface area contributed by atoms with Gasteiger partial charge in [-0.15, -0.1) is 0 Å². The van der Waals surface area contributed by atoms with Crippen molar-refractivity contribution < 1.29 is 31.5 Å². The van der Waals surface area contributed by atoms with Crippen molar-refractivity contribution in [2.45, 2.75) is 50.9 Å². The quantitative estimate of drug-likeness (QED) is 0.467. The number of carbonyl (C=O) groups is 2. The Bertz CT molecular complexity index is 1230. The van der Waals surface area contributed by atoms with Gasteiger partial charge in [-0.2, -0.15) is 13.2 Å². The van der Waals surface area contributed by atoms with Gasteiger partial charge in [-0.1, -0.05) is 0 Å². The van der Waals surface area contributed by atoms with Crippen molar-refractivity contribution in [3.63, 3.8) is 0 Å². The molecule has 1 fully saturated rings. The van der Waals surface area contributed by atoms with Crippen LogP contribution < -0.4 is 10.6 Å². The van der Waals surface area contributed by atoms with E-state index < -0.39 is 24.4 Å². The van der Waals surface area contributed by atoms with Gasteiger partial charge >= 0.3 is 6.18 Å². The van der Waals surface area contributed by atoms with Crippen LogP contribution in [0.4, 0.5) is 22.0 Å². The zero-order valence-corrected chi connectivity index (χ0v) is 18.3. The molecule has 35 heavy (non-hydrogen) atoms. The third-order valence-corrected chi connectivity index (χ3v) is 5.44. The standard InChI is InChI=1S/C22H21F5N6O2/c23-21(24)7-13(8-21)5-18(34)29-10-15-2-4-33-12-17(32-20(33)31-15)11-30-19(35)14-1-3-28-16(6-14)9-22(25,26)27/h1-4,6,12-13H,5,7-11H2,(H,29,34)(H,30,35). The predicted molar refractivity (Wildman–Crippen MR) is 112 cm³/mol. The molecule has 2 amide bonds. The van der Waals surface area contributed by atoms with Crippen LogP contribution in [0.5, 0.6) is 0 Å². The van der Waals surface area contributed by atoms with Crippen LogP contribution in [0.3, 0.4) is 0 Å². The highest BCUT2D eigenvalue weighted by Crippen LogP contribution is 2.43. The SMILES string of the molecule is O=C(CC1CC(F)(F)C1)NCc1ccn2cc(CNC(=O)c3ccnc(CC(F)(F)F)c3)nc2n1. The van der Waals surface area contributed by atoms with Crippen LogP contribution in [-0.4, -0.2) is 43.3 Å². The zero-order valence-electron chi connectivity index (χ0n) is 18.3. The summed E-state index contributed by atoms with van der Waals surface area (Å²) in [4.78, 5) is 36.5. The first-order valence-corrected chi connectivity index (χ1v) is 10.7. The van der Waals surface area contributed by atoms with Crippen LogP contribution >= 0.6 is 0 Å². The van der Waals surface area contributed by atoms with Gasteiger partial charge in [-0.05, 0) is 24.1 Å². The number of carbonyl (C=O) groups excluding carboxylic acids is 2. The van der Waals surface area contributed by atoms with Gasteiger partial charge < -0.3 is 10.6 Å². The van der Waals surface area contributed by atoms with Gasteiger partial charge in [0.15, 0.2) is 0 Å². The molecular weight excluding hydrogens is 475 g/mol. The summed E-state index contributed by atoms with van der Waals surface area (Å²) in [7, 11) is 0. The van der Waals surface area contributed by atoms with E-state index in [4.69, 9.17) is 0 Å². The Kier molecular flexibility index (Phi) is 6.68. The Labute approximate surface area is 196 Å². The lowest BCUT2D eigenvalue weighted by Gasteiger charge is -2.34. The predicted octanol–water partition coefficient (Wildman–Crippen LogP) is 3.21. The summed E-state index contributed by atoms with van der Waals surface area (Å²) < 4.78 is 65.0. The highest BCUT2D eigenvalue weighted by atomic mass is 19.4. The van der Waals surface area contributed by atoms with E-state index in [1.807, 2.05) is 0 Å². The van der Waals surface area contributed by atoms with Crippen molar-refractivity contribution >= 4 is 17.6 Å². The van der Waals surface area contributed by atoms with E-state index >= 15 is 0 Å². The summed E-state index contributed by atoms with van der Waals surface area (Å²) in [5.74, 6) is -3.56. The maximum Gasteiger partial charge on any atom is 0.394 e. The highest BCUT2D eigenvalue weighted by molar-refractivity contribution is 5.94. The fourth-order valence-electron chi connectivity index (χ4n) is 3.79. The van der Waals surface area contributed by atoms with E-state index in [-0.39, 0.29) is 55.4 Å². The summed E-state index contributed by atoms with van der Waals surface area (Å²) in [5, 5.41) is 5.25. The van der Waals surface area contributed by atoms with E-state index in [1.54, 1.807) is 22.9 Å². The molecular formula is C22H21F5N6O2. The van der Waals surface area contributed by atoms with Crippen LogP contribution in [0.2, 0.25) is 0 Å². The first kappa shape index (κ1) is 24.5. The number of hydrogen-bond acceptors (Lipinski definition) is 5. The fourth-order valence-corrected chi connectivity index (χ4v) is 3.79. The second-order valence-corrected chi connectivity index (χ2v) is 8.48. The van der Waals surface area contributed by atoms with E-state index in [1.165, 1.54) is 6.07 Å². The Morgan fingerprint density at radius 3 is 2.49 bits per heavy atom. The molecule has 0 radical (unpaired) electrons. The second kappa shape index (κ2) is 9.55. The van der Waals surface area contributed by atoms with Gasteiger partial charge in [0.25, 0.3) is 5.91 Å². The maximum absolute atomic E-state index is 12.9. The number of halogens is 5. The molecule has 8 nitrogen and oxygen atoms in total. The third-order valence-electron chi connectivity index (χ3n) is 5.44. The Balaban J connectivity index is 1.30. The lowest BCUT2D eigenvalue weighted by Crippen LogP contribution is -2.38. The van der Waals surface area contributed by atoms with Crippen LogP contribution in [-0.2, 0) is 24.3 Å². The van der Waals surface area contributed by atoms with Crippen LogP contribution in [0.15, 0.2) is 36.8 Å². The molecule has 1 aliphatic carbocycles. The normalized spacial score (nSPS) is 15.6. The van der Waals surface area contributed by atoms with Crippen molar-refractivity contribution in [1.29, 1.82) is 0 Å². The molecule has 186 valence electrons. The Morgan fingerprint density at radius 2 is 1.77 bits per heavy atom. The highest BCUT2D eigenvalue weighted by Gasteiger charge is 2.45. The largest absolute Gasteiger partial charge is 0.394 e. The van der Waals surface area contributed by atoms with Crippen molar-refractivity contribution in [1.82, 2.24) is 30.0 Å². The number of hydrogen-bond donors (Lipinski definition) is 2. The van der Waals surface area contributed by atoms with Crippen molar-refractivity contribution in [2.24, 2.45) is 5.92 Å². The number of pyridine rings is 1. The van der Waals surface area contributed by atoms with E-state index in [0.717, 1.165) is 12.3 Å². The molecule has 0 saturated heterocycles. The molecule has 0 spiro atoms. The summed E-state index contributed by atoms with van der Waals surface area (Å²) in [5.41, 5.74) is 0.764. The topological polar surface area (TPSA) is 101 Å². The van der Waals surface area contributed by atoms with Crippen LogP contribution in [0.25, 0.3) is 5.78 Å². The van der Waals surface area contributed by atoms with Gasteiger partial charge in [-0.3, -0.25) is 19.0 Å². The molecule has 3 heterocycles. The molecule has 13 heteroatoms. The number of alkyl halides is 5. The summed E-state index contributed by atoms with van der Waals surface area (Å²) >= 11 is 0. The van der Waals surface area contributed by atoms with Crippen LogP contribution in [0, 0.1) is 5.92 Å². The number of nitrogens with zero attached hydrogens (tertiary/aromatic N) is 4. The Morgan fingerprint density at radius 1 is 1.06 bits per heavy atom. The monoisotopic (exact) mass is 496 g/mol. The number of fused-ring (bicyclic) bond motifs is 1. The smallest absolute Gasteiger partial charge is 0.350 e. The fraction of sp³-hybridized carbons (Fsp3) is 0.409. The summed E-state index contributed by atoms with van der Waals surface area (Å²) in [6.45, 7) is 0.122. The lowest BCUT2D eigenvalue weighted by molar-refractivity contribution is -0.134. The maximum atomic E-state index is 12.9. The van der Waals surface area contributed by atoms with Crippen LogP contribution in [0.1, 0.15) is 46.7 Å². The number of rotatable bonds is 8. The molecule has 1 aliphatic rings. The zero-order chi connectivity index (χ0) is 25.2. The van der Waals surface area contributed by atoms with Gasteiger partial charge in [-0.25, -0.2) is 18.7 Å². The Hall–Kier alpha value is -3.64. The number of aromatic nitrogens is 4. The van der Waals surface area contributed by atoms with E-state index in [0.29, 0.717) is 17.2 Å².